The first kappa shape index (κ1) is 10.1. The number of nitrogens with zero attached hydrogens (tertiary/aromatic N) is 1. The molecule has 0 N–H and O–H groups in total. The van der Waals surface area contributed by atoms with E-state index in [1.165, 1.54) is 11.3 Å². The van der Waals surface area contributed by atoms with Crippen LogP contribution in [0.4, 0.5) is 0 Å². The molecule has 14 heavy (non-hydrogen) atoms. The number of rotatable bonds is 2. The smallest absolute Gasteiger partial charge is 0.200 e. The molecule has 2 aromatic rings. The second kappa shape index (κ2) is 4.42. The Morgan fingerprint density at radius 3 is 2.71 bits per heavy atom. The second-order valence-corrected chi connectivity index (χ2v) is 5.06. The first-order valence-corrected chi connectivity index (χ1v) is 6.23. The van der Waals surface area contributed by atoms with E-state index in [1.807, 2.05) is 18.2 Å². The fourth-order valence-electron chi connectivity index (χ4n) is 0.911. The van der Waals surface area contributed by atoms with Gasteiger partial charge in [0.05, 0.1) is 11.7 Å². The van der Waals surface area contributed by atoms with Gasteiger partial charge in [-0.3, -0.25) is 0 Å². The molecule has 0 saturated heterocycles. The summed E-state index contributed by atoms with van der Waals surface area (Å²) < 4.78 is 7.54. The molecule has 2 nitrogen and oxygen atoms in total. The Morgan fingerprint density at radius 1 is 1.21 bits per heavy atom. The topological polar surface area (TPSA) is 22.1 Å². The van der Waals surface area contributed by atoms with Crippen LogP contribution in [0.3, 0.4) is 0 Å². The van der Waals surface area contributed by atoms with E-state index in [0.29, 0.717) is 0 Å². The highest BCUT2D eigenvalue weighted by atomic mass is 79.9. The van der Waals surface area contributed by atoms with Crippen LogP contribution in [0.2, 0.25) is 0 Å². The average molecular weight is 335 g/mol. The maximum Gasteiger partial charge on any atom is 0.200 e. The third-order valence-corrected chi connectivity index (χ3v) is 4.05. The first-order chi connectivity index (χ1) is 6.75. The Hall–Kier alpha value is -0.390. The molecule has 2 rings (SSSR count). The normalized spacial score (nSPS) is 10.1. The number of halogens is 2. The minimum absolute atomic E-state index is 0.791. The number of hydrogen-bond donors (Lipinski definition) is 0. The standard InChI is InChI=1S/C9H5Br2NOS/c10-7-2-1-6(3-8(7)11)13-9-4-12-5-14-9/h1-5H. The van der Waals surface area contributed by atoms with Gasteiger partial charge in [-0.15, -0.1) is 0 Å². The van der Waals surface area contributed by atoms with Gasteiger partial charge in [-0.1, -0.05) is 11.3 Å². The summed E-state index contributed by atoms with van der Waals surface area (Å²) in [5.41, 5.74) is 1.74. The lowest BCUT2D eigenvalue weighted by molar-refractivity contribution is 0.495. The van der Waals surface area contributed by atoms with Crippen LogP contribution in [0.25, 0.3) is 0 Å². The lowest BCUT2D eigenvalue weighted by Crippen LogP contribution is -1.80. The summed E-state index contributed by atoms with van der Waals surface area (Å²) >= 11 is 8.27. The molecule has 0 fully saturated rings. The highest BCUT2D eigenvalue weighted by Crippen LogP contribution is 2.30. The lowest BCUT2D eigenvalue weighted by atomic mass is 10.3. The predicted octanol–water partition coefficient (Wildman–Crippen LogP) is 4.46. The van der Waals surface area contributed by atoms with Crippen molar-refractivity contribution in [3.8, 4) is 10.8 Å². The highest BCUT2D eigenvalue weighted by molar-refractivity contribution is 9.13. The summed E-state index contributed by atoms with van der Waals surface area (Å²) in [6.07, 6.45) is 1.70. The maximum absolute atomic E-state index is 5.56. The zero-order valence-corrected chi connectivity index (χ0v) is 10.9. The Morgan fingerprint density at radius 2 is 2.07 bits per heavy atom. The maximum atomic E-state index is 5.56. The summed E-state index contributed by atoms with van der Waals surface area (Å²) in [6, 6.07) is 5.73. The summed E-state index contributed by atoms with van der Waals surface area (Å²) in [7, 11) is 0. The molecule has 1 heterocycles. The largest absolute Gasteiger partial charge is 0.445 e. The van der Waals surface area contributed by atoms with E-state index in [-0.39, 0.29) is 0 Å². The van der Waals surface area contributed by atoms with Crippen LogP contribution < -0.4 is 4.74 Å². The number of aromatic nitrogens is 1. The Balaban J connectivity index is 2.22. The van der Waals surface area contributed by atoms with E-state index < -0.39 is 0 Å². The third-order valence-electron chi connectivity index (χ3n) is 1.52. The molecule has 5 heteroatoms. The lowest BCUT2D eigenvalue weighted by Gasteiger charge is -2.03. The van der Waals surface area contributed by atoms with E-state index in [9.17, 15) is 0 Å². The van der Waals surface area contributed by atoms with Gasteiger partial charge in [0.2, 0.25) is 5.06 Å². The van der Waals surface area contributed by atoms with Gasteiger partial charge in [0.1, 0.15) is 5.75 Å². The summed E-state index contributed by atoms with van der Waals surface area (Å²) in [6.45, 7) is 0. The Kier molecular flexibility index (Phi) is 3.20. The minimum atomic E-state index is 0.791. The second-order valence-electron chi connectivity index (χ2n) is 2.50. The molecule has 0 atom stereocenters. The van der Waals surface area contributed by atoms with E-state index >= 15 is 0 Å². The van der Waals surface area contributed by atoms with Crippen molar-refractivity contribution in [3.05, 3.63) is 38.9 Å². The number of ether oxygens (including phenoxy) is 1. The van der Waals surface area contributed by atoms with Crippen molar-refractivity contribution in [2.75, 3.05) is 0 Å². The number of benzene rings is 1. The number of hydrogen-bond acceptors (Lipinski definition) is 3. The van der Waals surface area contributed by atoms with Crippen molar-refractivity contribution in [2.24, 2.45) is 0 Å². The van der Waals surface area contributed by atoms with Gasteiger partial charge < -0.3 is 4.74 Å². The van der Waals surface area contributed by atoms with Crippen molar-refractivity contribution in [1.82, 2.24) is 4.98 Å². The predicted molar refractivity (Wildman–Crippen MR) is 64.0 cm³/mol. The van der Waals surface area contributed by atoms with Crippen LogP contribution >= 0.6 is 43.2 Å². The van der Waals surface area contributed by atoms with Crippen molar-refractivity contribution in [1.29, 1.82) is 0 Å². The molecule has 0 saturated carbocycles. The van der Waals surface area contributed by atoms with Gasteiger partial charge >= 0.3 is 0 Å². The van der Waals surface area contributed by atoms with Crippen LogP contribution in [0.15, 0.2) is 38.9 Å². The fourth-order valence-corrected chi connectivity index (χ4v) is 2.01. The van der Waals surface area contributed by atoms with E-state index in [1.54, 1.807) is 11.7 Å². The van der Waals surface area contributed by atoms with Crippen LogP contribution in [-0.2, 0) is 0 Å². The number of thiazole rings is 1. The average Bonchev–Trinajstić information content (AvgIpc) is 2.64. The van der Waals surface area contributed by atoms with Crippen molar-refractivity contribution >= 4 is 43.2 Å². The third kappa shape index (κ3) is 2.34. The molecule has 72 valence electrons. The van der Waals surface area contributed by atoms with Gasteiger partial charge in [0.25, 0.3) is 0 Å². The van der Waals surface area contributed by atoms with Gasteiger partial charge in [-0.25, -0.2) is 4.98 Å². The van der Waals surface area contributed by atoms with E-state index in [2.05, 4.69) is 36.8 Å². The molecule has 0 spiro atoms. The van der Waals surface area contributed by atoms with E-state index in [4.69, 9.17) is 4.74 Å². The SMILES string of the molecule is Brc1ccc(Oc2cncs2)cc1Br. The zero-order valence-electron chi connectivity index (χ0n) is 6.91. The van der Waals surface area contributed by atoms with E-state index in [0.717, 1.165) is 19.8 Å². The molecule has 0 radical (unpaired) electrons. The Labute approximate surface area is 102 Å². The molecule has 0 aliphatic rings. The van der Waals surface area contributed by atoms with Gasteiger partial charge in [-0.2, -0.15) is 0 Å². The van der Waals surface area contributed by atoms with Gasteiger partial charge in [0.15, 0.2) is 0 Å². The zero-order chi connectivity index (χ0) is 9.97. The van der Waals surface area contributed by atoms with Crippen molar-refractivity contribution in [2.45, 2.75) is 0 Å². The molecular formula is C9H5Br2NOS. The minimum Gasteiger partial charge on any atom is -0.445 e. The van der Waals surface area contributed by atoms with Gasteiger partial charge in [0, 0.05) is 8.95 Å². The molecule has 0 amide bonds. The summed E-state index contributed by atoms with van der Waals surface area (Å²) in [4.78, 5) is 3.93. The van der Waals surface area contributed by atoms with Crippen LogP contribution in [0.5, 0.6) is 10.8 Å². The molecule has 1 aromatic heterocycles. The van der Waals surface area contributed by atoms with Crippen LogP contribution in [-0.4, -0.2) is 4.98 Å². The van der Waals surface area contributed by atoms with Crippen LogP contribution in [0, 0.1) is 0 Å². The molecular weight excluding hydrogens is 330 g/mol. The van der Waals surface area contributed by atoms with Crippen molar-refractivity contribution in [3.63, 3.8) is 0 Å². The summed E-state index contributed by atoms with van der Waals surface area (Å²) in [5.74, 6) is 0.796. The fraction of sp³-hybridized carbons (Fsp3) is 0. The summed E-state index contributed by atoms with van der Waals surface area (Å²) in [5, 5.41) is 0.791. The molecule has 0 unspecified atom stereocenters. The quantitative estimate of drug-likeness (QED) is 0.808. The van der Waals surface area contributed by atoms with Crippen LogP contribution in [0.1, 0.15) is 0 Å². The van der Waals surface area contributed by atoms with Crippen molar-refractivity contribution < 1.29 is 4.74 Å². The molecule has 1 aromatic carbocycles. The molecule has 0 bridgehead atoms. The monoisotopic (exact) mass is 333 g/mol. The molecule has 0 aliphatic heterocycles. The Bertz CT molecular complexity index is 430. The highest BCUT2D eigenvalue weighted by Gasteiger charge is 2.01. The first-order valence-electron chi connectivity index (χ1n) is 3.77. The molecule has 0 aliphatic carbocycles. The van der Waals surface area contributed by atoms with Gasteiger partial charge in [-0.05, 0) is 50.1 Å².